The maximum absolute atomic E-state index is 2.53. The van der Waals surface area contributed by atoms with E-state index < -0.39 is 0 Å². The number of allylic oxidation sites excluding steroid dienone is 1. The van der Waals surface area contributed by atoms with Gasteiger partial charge in [-0.05, 0) is 37.9 Å². The highest BCUT2D eigenvalue weighted by Gasteiger charge is 2.22. The Bertz CT molecular complexity index is 420. The summed E-state index contributed by atoms with van der Waals surface area (Å²) < 4.78 is 0. The van der Waals surface area contributed by atoms with Gasteiger partial charge in [-0.2, -0.15) is 0 Å². The Morgan fingerprint density at radius 2 is 2.24 bits per heavy atom. The van der Waals surface area contributed by atoms with Gasteiger partial charge in [0.1, 0.15) is 0 Å². The zero-order valence-electron chi connectivity index (χ0n) is 11.3. The molecule has 2 nitrogen and oxygen atoms in total. The molecule has 2 heterocycles. The number of fused-ring (bicyclic) bond motifs is 1. The summed E-state index contributed by atoms with van der Waals surface area (Å²) in [6, 6.07) is 0. The Hall–Kier alpha value is -0.800. The van der Waals surface area contributed by atoms with Crippen LogP contribution in [0.2, 0.25) is 0 Å². The predicted octanol–water partition coefficient (Wildman–Crippen LogP) is 3.40. The SMILES string of the molecule is CC=CN(C)c1sc2c(c1C)CCN(CC)C2. The normalized spacial score (nSPS) is 16.5. The lowest BCUT2D eigenvalue weighted by Crippen LogP contribution is -2.29. The van der Waals surface area contributed by atoms with Crippen molar-refractivity contribution in [1.29, 1.82) is 0 Å². The minimum atomic E-state index is 1.14. The summed E-state index contributed by atoms with van der Waals surface area (Å²) in [6.07, 6.45) is 5.45. The second-order valence-corrected chi connectivity index (χ2v) is 5.73. The molecule has 0 unspecified atom stereocenters. The molecule has 1 aliphatic heterocycles. The fraction of sp³-hybridized carbons (Fsp3) is 0.571. The minimum Gasteiger partial charge on any atom is -0.343 e. The molecule has 0 atom stereocenters. The van der Waals surface area contributed by atoms with Gasteiger partial charge in [-0.1, -0.05) is 13.0 Å². The molecule has 0 saturated heterocycles. The molecule has 0 aliphatic carbocycles. The molecular formula is C14H22N2S. The van der Waals surface area contributed by atoms with Crippen LogP contribution in [0, 0.1) is 6.92 Å². The largest absolute Gasteiger partial charge is 0.343 e. The van der Waals surface area contributed by atoms with Crippen LogP contribution in [0.4, 0.5) is 5.00 Å². The third-order valence-electron chi connectivity index (χ3n) is 3.52. The van der Waals surface area contributed by atoms with Gasteiger partial charge in [-0.3, -0.25) is 4.90 Å². The van der Waals surface area contributed by atoms with Crippen molar-refractivity contribution in [3.05, 3.63) is 28.3 Å². The number of likely N-dealkylation sites (N-methyl/N-ethyl adjacent to an activating group) is 1. The zero-order chi connectivity index (χ0) is 12.4. The standard InChI is InChI=1S/C14H22N2S/c1-5-8-15(4)14-11(3)12-7-9-16(6-2)10-13(12)17-14/h5,8H,6-7,9-10H2,1-4H3. The van der Waals surface area contributed by atoms with E-state index in [9.17, 15) is 0 Å². The van der Waals surface area contributed by atoms with Gasteiger partial charge in [-0.15, -0.1) is 11.3 Å². The number of rotatable bonds is 3. The molecule has 0 N–H and O–H groups in total. The second-order valence-electron chi connectivity index (χ2n) is 4.65. The highest BCUT2D eigenvalue weighted by molar-refractivity contribution is 7.16. The first-order chi connectivity index (χ1) is 8.17. The van der Waals surface area contributed by atoms with E-state index >= 15 is 0 Å². The first kappa shape index (κ1) is 12.7. The smallest absolute Gasteiger partial charge is 0.0981 e. The van der Waals surface area contributed by atoms with Crippen molar-refractivity contribution in [2.24, 2.45) is 0 Å². The van der Waals surface area contributed by atoms with Crippen LogP contribution in [0.15, 0.2) is 12.3 Å². The first-order valence-electron chi connectivity index (χ1n) is 6.36. The van der Waals surface area contributed by atoms with Gasteiger partial charge in [0.2, 0.25) is 0 Å². The monoisotopic (exact) mass is 250 g/mol. The highest BCUT2D eigenvalue weighted by atomic mass is 32.1. The average molecular weight is 250 g/mol. The van der Waals surface area contributed by atoms with Gasteiger partial charge in [-0.25, -0.2) is 0 Å². The summed E-state index contributed by atoms with van der Waals surface area (Å²) in [6.45, 7) is 10.1. The highest BCUT2D eigenvalue weighted by Crippen LogP contribution is 2.38. The molecule has 0 bridgehead atoms. The number of thiophene rings is 1. The van der Waals surface area contributed by atoms with Crippen molar-refractivity contribution < 1.29 is 0 Å². The van der Waals surface area contributed by atoms with Crippen LogP contribution < -0.4 is 4.90 Å². The van der Waals surface area contributed by atoms with Crippen LogP contribution >= 0.6 is 11.3 Å². The molecule has 0 saturated carbocycles. The van der Waals surface area contributed by atoms with Crippen molar-refractivity contribution in [3.63, 3.8) is 0 Å². The number of hydrogen-bond acceptors (Lipinski definition) is 3. The summed E-state index contributed by atoms with van der Waals surface area (Å²) in [4.78, 5) is 6.34. The van der Waals surface area contributed by atoms with Crippen molar-refractivity contribution in [3.8, 4) is 0 Å². The van der Waals surface area contributed by atoms with E-state index in [0.29, 0.717) is 0 Å². The van der Waals surface area contributed by atoms with Gasteiger partial charge in [0.15, 0.2) is 0 Å². The molecule has 2 rings (SSSR count). The van der Waals surface area contributed by atoms with Gasteiger partial charge in [0.05, 0.1) is 5.00 Å². The molecule has 0 aromatic carbocycles. The van der Waals surface area contributed by atoms with Crippen LogP contribution in [0.1, 0.15) is 29.9 Å². The van der Waals surface area contributed by atoms with E-state index in [1.807, 2.05) is 11.3 Å². The summed E-state index contributed by atoms with van der Waals surface area (Å²) >= 11 is 1.96. The lowest BCUT2D eigenvalue weighted by molar-refractivity contribution is 0.271. The van der Waals surface area contributed by atoms with Gasteiger partial charge in [0, 0.05) is 31.2 Å². The summed E-state index contributed by atoms with van der Waals surface area (Å²) in [5.41, 5.74) is 3.09. The Labute approximate surface area is 109 Å². The summed E-state index contributed by atoms with van der Waals surface area (Å²) in [5, 5.41) is 1.41. The molecule has 17 heavy (non-hydrogen) atoms. The second kappa shape index (κ2) is 5.23. The number of nitrogens with zero attached hydrogens (tertiary/aromatic N) is 2. The Kier molecular flexibility index (Phi) is 3.89. The molecule has 0 amide bonds. The molecule has 1 aromatic heterocycles. The van der Waals surface area contributed by atoms with Gasteiger partial charge >= 0.3 is 0 Å². The van der Waals surface area contributed by atoms with Gasteiger partial charge in [0.25, 0.3) is 0 Å². The van der Waals surface area contributed by atoms with E-state index in [1.54, 1.807) is 10.4 Å². The molecule has 1 aromatic rings. The van der Waals surface area contributed by atoms with Crippen LogP contribution in [-0.2, 0) is 13.0 Å². The lowest BCUT2D eigenvalue weighted by atomic mass is 10.0. The molecule has 0 radical (unpaired) electrons. The van der Waals surface area contributed by atoms with E-state index in [-0.39, 0.29) is 0 Å². The van der Waals surface area contributed by atoms with E-state index in [0.717, 1.165) is 13.1 Å². The molecule has 3 heteroatoms. The van der Waals surface area contributed by atoms with Crippen molar-refractivity contribution >= 4 is 16.3 Å². The first-order valence-corrected chi connectivity index (χ1v) is 7.18. The van der Waals surface area contributed by atoms with Crippen LogP contribution in [0.3, 0.4) is 0 Å². The lowest BCUT2D eigenvalue weighted by Gasteiger charge is -2.25. The van der Waals surface area contributed by atoms with E-state index in [4.69, 9.17) is 0 Å². The van der Waals surface area contributed by atoms with Crippen molar-refractivity contribution in [1.82, 2.24) is 4.90 Å². The van der Waals surface area contributed by atoms with Gasteiger partial charge < -0.3 is 4.90 Å². The molecule has 94 valence electrons. The van der Waals surface area contributed by atoms with E-state index in [1.165, 1.54) is 23.5 Å². The van der Waals surface area contributed by atoms with Crippen molar-refractivity contribution in [2.75, 3.05) is 25.0 Å². The maximum Gasteiger partial charge on any atom is 0.0981 e. The third kappa shape index (κ3) is 2.40. The number of anilines is 1. The van der Waals surface area contributed by atoms with Crippen LogP contribution in [-0.4, -0.2) is 25.0 Å². The number of hydrogen-bond donors (Lipinski definition) is 0. The topological polar surface area (TPSA) is 6.48 Å². The predicted molar refractivity (Wildman–Crippen MR) is 76.9 cm³/mol. The minimum absolute atomic E-state index is 1.14. The van der Waals surface area contributed by atoms with Crippen LogP contribution in [0.5, 0.6) is 0 Å². The quantitative estimate of drug-likeness (QED) is 0.811. The Balaban J connectivity index is 2.30. The molecule has 0 spiro atoms. The molecular weight excluding hydrogens is 228 g/mol. The van der Waals surface area contributed by atoms with E-state index in [2.05, 4.69) is 49.9 Å². The molecule has 1 aliphatic rings. The third-order valence-corrected chi connectivity index (χ3v) is 4.92. The maximum atomic E-state index is 2.53. The zero-order valence-corrected chi connectivity index (χ0v) is 12.1. The van der Waals surface area contributed by atoms with Crippen LogP contribution in [0.25, 0.3) is 0 Å². The fourth-order valence-electron chi connectivity index (χ4n) is 2.50. The Morgan fingerprint density at radius 1 is 1.47 bits per heavy atom. The Morgan fingerprint density at radius 3 is 2.88 bits per heavy atom. The summed E-state index contributed by atoms with van der Waals surface area (Å²) in [7, 11) is 2.14. The molecule has 0 fully saturated rings. The fourth-order valence-corrected chi connectivity index (χ4v) is 3.84. The average Bonchev–Trinajstić information content (AvgIpc) is 2.66. The van der Waals surface area contributed by atoms with Crippen molar-refractivity contribution in [2.45, 2.75) is 33.7 Å². The summed E-state index contributed by atoms with van der Waals surface area (Å²) in [5.74, 6) is 0.